The number of amides is 1. The number of aromatic nitrogens is 5. The molecule has 35 heavy (non-hydrogen) atoms. The van der Waals surface area contributed by atoms with Gasteiger partial charge in [0.05, 0.1) is 23.0 Å². The van der Waals surface area contributed by atoms with Gasteiger partial charge in [0.25, 0.3) is 5.91 Å². The second-order valence-corrected chi connectivity index (χ2v) is 9.54. The summed E-state index contributed by atoms with van der Waals surface area (Å²) in [6, 6.07) is 2.87. The van der Waals surface area contributed by atoms with Crippen molar-refractivity contribution in [1.29, 1.82) is 0 Å². The van der Waals surface area contributed by atoms with Crippen molar-refractivity contribution >= 4 is 11.7 Å². The lowest BCUT2D eigenvalue weighted by Crippen LogP contribution is -2.41. The Balaban J connectivity index is 1.61. The highest BCUT2D eigenvalue weighted by Crippen LogP contribution is 2.53. The van der Waals surface area contributed by atoms with Crippen LogP contribution in [0.2, 0.25) is 0 Å². The van der Waals surface area contributed by atoms with Crippen LogP contribution in [0.1, 0.15) is 63.1 Å². The van der Waals surface area contributed by atoms with E-state index in [4.69, 9.17) is 5.73 Å². The number of alkyl halides is 3. The van der Waals surface area contributed by atoms with E-state index in [-0.39, 0.29) is 28.5 Å². The van der Waals surface area contributed by atoms with Gasteiger partial charge < -0.3 is 10.6 Å². The minimum atomic E-state index is -4.57. The number of halogens is 3. The van der Waals surface area contributed by atoms with Crippen LogP contribution in [0.15, 0.2) is 18.3 Å². The molecule has 8 nitrogen and oxygen atoms in total. The Labute approximate surface area is 200 Å². The highest BCUT2D eigenvalue weighted by molar-refractivity contribution is 5.96. The Morgan fingerprint density at radius 1 is 1.06 bits per heavy atom. The number of fused-ring (bicyclic) bond motifs is 1. The molecule has 0 spiro atoms. The van der Waals surface area contributed by atoms with Crippen molar-refractivity contribution in [2.45, 2.75) is 52.8 Å². The number of pyridine rings is 2. The van der Waals surface area contributed by atoms with Crippen molar-refractivity contribution in [3.05, 3.63) is 57.8 Å². The van der Waals surface area contributed by atoms with Crippen LogP contribution in [-0.4, -0.2) is 42.3 Å². The third-order valence-electron chi connectivity index (χ3n) is 7.16. The lowest BCUT2D eigenvalue weighted by molar-refractivity contribution is -0.138. The van der Waals surface area contributed by atoms with Gasteiger partial charge >= 0.3 is 6.18 Å². The lowest BCUT2D eigenvalue weighted by Gasteiger charge is -2.37. The summed E-state index contributed by atoms with van der Waals surface area (Å²) >= 11 is 0. The van der Waals surface area contributed by atoms with Crippen molar-refractivity contribution < 1.29 is 18.0 Å². The number of rotatable bonds is 3. The number of aryl methyl sites for hydroxylation is 3. The Morgan fingerprint density at radius 2 is 1.74 bits per heavy atom. The summed E-state index contributed by atoms with van der Waals surface area (Å²) in [5.41, 5.74) is 8.20. The van der Waals surface area contributed by atoms with Gasteiger partial charge in [0.15, 0.2) is 5.69 Å². The standard InChI is InChI=1S/C24H26F3N7O/c1-11-5-6-18(34-31-13(3)14(4)32-34)21(30-11)23(35)33-10-16-7-15(16)8-19(33)20-12(2)17(24(25,26)27)9-29-22(20)28/h5-6,9,15-16,19H,7-8,10H2,1-4H3,(H2,28,29). The van der Waals surface area contributed by atoms with E-state index in [2.05, 4.69) is 20.2 Å². The average Bonchev–Trinajstić information content (AvgIpc) is 3.47. The second kappa shape index (κ2) is 8.03. The summed E-state index contributed by atoms with van der Waals surface area (Å²) in [6.07, 6.45) is -2.35. The summed E-state index contributed by atoms with van der Waals surface area (Å²) in [5, 5.41) is 8.81. The van der Waals surface area contributed by atoms with Crippen molar-refractivity contribution in [2.75, 3.05) is 12.3 Å². The highest BCUT2D eigenvalue weighted by Gasteiger charge is 2.49. The molecule has 1 amide bonds. The molecule has 1 aliphatic heterocycles. The number of likely N-dealkylation sites (tertiary alicyclic amines) is 1. The molecule has 3 atom stereocenters. The molecular weight excluding hydrogens is 459 g/mol. The minimum Gasteiger partial charge on any atom is -0.383 e. The van der Waals surface area contributed by atoms with Crippen LogP contribution < -0.4 is 5.73 Å². The van der Waals surface area contributed by atoms with E-state index in [1.165, 1.54) is 11.7 Å². The minimum absolute atomic E-state index is 0.00400. The average molecular weight is 486 g/mol. The Bertz CT molecular complexity index is 1310. The first-order valence-electron chi connectivity index (χ1n) is 11.5. The fraction of sp³-hybridized carbons (Fsp3) is 0.458. The monoisotopic (exact) mass is 485 g/mol. The molecule has 1 saturated heterocycles. The molecule has 2 aliphatic rings. The van der Waals surface area contributed by atoms with E-state index in [1.54, 1.807) is 24.0 Å². The zero-order valence-corrected chi connectivity index (χ0v) is 19.9. The number of nitrogens with two attached hydrogens (primary N) is 1. The topological polar surface area (TPSA) is 103 Å². The first-order chi connectivity index (χ1) is 16.5. The Morgan fingerprint density at radius 3 is 2.40 bits per heavy atom. The Kier molecular flexibility index (Phi) is 5.33. The quantitative estimate of drug-likeness (QED) is 0.599. The third-order valence-corrected chi connectivity index (χ3v) is 7.16. The van der Waals surface area contributed by atoms with Crippen LogP contribution >= 0.6 is 0 Å². The molecule has 1 saturated carbocycles. The van der Waals surface area contributed by atoms with Gasteiger partial charge in [-0.3, -0.25) is 4.79 Å². The SMILES string of the molecule is Cc1ccc(-n2nc(C)c(C)n2)c(C(=O)N2CC3CC3CC2c2c(N)ncc(C(F)(F)F)c2C)n1. The number of carbonyl (C=O) groups excluding carboxylic acids is 1. The number of anilines is 1. The molecule has 3 unspecified atom stereocenters. The van der Waals surface area contributed by atoms with Gasteiger partial charge in [-0.15, -0.1) is 4.80 Å². The van der Waals surface area contributed by atoms with E-state index in [0.717, 1.165) is 24.0 Å². The van der Waals surface area contributed by atoms with Gasteiger partial charge in [-0.25, -0.2) is 9.97 Å². The van der Waals surface area contributed by atoms with Crippen molar-refractivity contribution in [3.8, 4) is 5.69 Å². The highest BCUT2D eigenvalue weighted by atomic mass is 19.4. The molecule has 2 fully saturated rings. The molecule has 2 N–H and O–H groups in total. The van der Waals surface area contributed by atoms with E-state index < -0.39 is 17.8 Å². The summed E-state index contributed by atoms with van der Waals surface area (Å²) in [6.45, 7) is 7.23. The van der Waals surface area contributed by atoms with Crippen LogP contribution in [0.5, 0.6) is 0 Å². The van der Waals surface area contributed by atoms with E-state index in [0.29, 0.717) is 36.2 Å². The Hall–Kier alpha value is -3.50. The van der Waals surface area contributed by atoms with Crippen molar-refractivity contribution in [3.63, 3.8) is 0 Å². The summed E-state index contributed by atoms with van der Waals surface area (Å²) in [7, 11) is 0. The van der Waals surface area contributed by atoms with Crippen LogP contribution in [0.3, 0.4) is 0 Å². The third kappa shape index (κ3) is 4.02. The fourth-order valence-corrected chi connectivity index (χ4v) is 5.02. The van der Waals surface area contributed by atoms with Crippen LogP contribution in [0.4, 0.5) is 19.0 Å². The first kappa shape index (κ1) is 23.3. The van der Waals surface area contributed by atoms with Gasteiger partial charge in [0, 0.05) is 24.0 Å². The van der Waals surface area contributed by atoms with E-state index in [1.807, 2.05) is 13.8 Å². The number of carbonyl (C=O) groups is 1. The van der Waals surface area contributed by atoms with Crippen molar-refractivity contribution in [2.24, 2.45) is 11.8 Å². The van der Waals surface area contributed by atoms with Crippen molar-refractivity contribution in [1.82, 2.24) is 29.9 Å². The maximum absolute atomic E-state index is 14.0. The normalized spacial score (nSPS) is 21.7. The van der Waals surface area contributed by atoms with Gasteiger partial charge in [0.1, 0.15) is 11.5 Å². The van der Waals surface area contributed by atoms with Gasteiger partial charge in [-0.1, -0.05) is 0 Å². The smallest absolute Gasteiger partial charge is 0.383 e. The second-order valence-electron chi connectivity index (χ2n) is 9.54. The van der Waals surface area contributed by atoms with Gasteiger partial charge in [0.2, 0.25) is 0 Å². The molecule has 5 rings (SSSR count). The summed E-state index contributed by atoms with van der Waals surface area (Å²) < 4.78 is 41.0. The zero-order chi connectivity index (χ0) is 25.2. The first-order valence-corrected chi connectivity index (χ1v) is 11.5. The number of nitrogen functional groups attached to an aromatic ring is 1. The zero-order valence-electron chi connectivity index (χ0n) is 19.9. The van der Waals surface area contributed by atoms with Crippen LogP contribution in [0.25, 0.3) is 5.69 Å². The summed E-state index contributed by atoms with van der Waals surface area (Å²) in [4.78, 5) is 25.4. The molecule has 11 heteroatoms. The van der Waals surface area contributed by atoms with E-state index >= 15 is 0 Å². The molecule has 4 heterocycles. The maximum Gasteiger partial charge on any atom is 0.418 e. The number of nitrogens with zero attached hydrogens (tertiary/aromatic N) is 6. The lowest BCUT2D eigenvalue weighted by atomic mass is 9.90. The largest absolute Gasteiger partial charge is 0.418 e. The maximum atomic E-state index is 14.0. The number of piperidine rings is 1. The fourth-order valence-electron chi connectivity index (χ4n) is 5.02. The van der Waals surface area contributed by atoms with Crippen LogP contribution in [0, 0.1) is 39.5 Å². The molecule has 0 radical (unpaired) electrons. The molecule has 184 valence electrons. The predicted octanol–water partition coefficient (Wildman–Crippen LogP) is 4.12. The van der Waals surface area contributed by atoms with E-state index in [9.17, 15) is 18.0 Å². The summed E-state index contributed by atoms with van der Waals surface area (Å²) in [5.74, 6) is 0.286. The molecule has 0 aromatic carbocycles. The number of hydrogen-bond donors (Lipinski definition) is 1. The predicted molar refractivity (Wildman–Crippen MR) is 122 cm³/mol. The number of hydrogen-bond acceptors (Lipinski definition) is 6. The molecule has 3 aromatic heterocycles. The van der Waals surface area contributed by atoms with Crippen LogP contribution in [-0.2, 0) is 6.18 Å². The van der Waals surface area contributed by atoms with Gasteiger partial charge in [-0.2, -0.15) is 23.4 Å². The molecular formula is C24H26F3N7O. The molecule has 1 aliphatic carbocycles. The molecule has 0 bridgehead atoms. The van der Waals surface area contributed by atoms with Gasteiger partial charge in [-0.05, 0) is 70.1 Å². The molecule has 3 aromatic rings.